The number of benzene rings is 3. The third-order valence-electron chi connectivity index (χ3n) is 4.57. The molecule has 5 rings (SSSR count). The molecule has 0 radical (unpaired) electrons. The molecule has 0 fully saturated rings. The van der Waals surface area contributed by atoms with E-state index in [0.29, 0.717) is 5.69 Å². The Bertz CT molecular complexity index is 1290. The fourth-order valence-electron chi connectivity index (χ4n) is 3.23. The van der Waals surface area contributed by atoms with Gasteiger partial charge in [0.25, 0.3) is 5.56 Å². The number of hydrogen-bond acceptors (Lipinski definition) is 4. The minimum Gasteiger partial charge on any atom is -0.333 e. The van der Waals surface area contributed by atoms with Crippen LogP contribution >= 0.6 is 11.8 Å². The Kier molecular flexibility index (Phi) is 4.18. The quantitative estimate of drug-likeness (QED) is 0.441. The second-order valence-electron chi connectivity index (χ2n) is 6.44. The molecule has 3 aromatic carbocycles. The predicted molar refractivity (Wildman–Crippen MR) is 113 cm³/mol. The molecule has 1 atom stereocenters. The van der Waals surface area contributed by atoms with Crippen LogP contribution in [0, 0.1) is 0 Å². The molecule has 28 heavy (non-hydrogen) atoms. The number of para-hydroxylation sites is 4. The third kappa shape index (κ3) is 3.08. The topological polar surface area (TPSA) is 74.4 Å². The van der Waals surface area contributed by atoms with Crippen LogP contribution in [0.4, 0.5) is 0 Å². The van der Waals surface area contributed by atoms with E-state index in [0.717, 1.165) is 32.8 Å². The Morgan fingerprint density at radius 2 is 1.32 bits per heavy atom. The van der Waals surface area contributed by atoms with Crippen molar-refractivity contribution in [3.63, 3.8) is 0 Å². The molecular formula is C22H16N4OS. The number of thioether (sulfide) groups is 1. The van der Waals surface area contributed by atoms with Crippen LogP contribution < -0.4 is 5.56 Å². The highest BCUT2D eigenvalue weighted by molar-refractivity contribution is 7.99. The van der Waals surface area contributed by atoms with E-state index in [1.807, 2.05) is 78.9 Å². The fourth-order valence-corrected chi connectivity index (χ4v) is 4.34. The summed E-state index contributed by atoms with van der Waals surface area (Å²) in [6.07, 6.45) is 0. The van der Waals surface area contributed by atoms with Gasteiger partial charge in [0.2, 0.25) is 0 Å². The van der Waals surface area contributed by atoms with E-state index in [9.17, 15) is 4.79 Å². The average Bonchev–Trinajstić information content (AvgIpc) is 3.15. The van der Waals surface area contributed by atoms with E-state index < -0.39 is 0 Å². The first kappa shape index (κ1) is 16.8. The van der Waals surface area contributed by atoms with E-state index in [4.69, 9.17) is 4.98 Å². The van der Waals surface area contributed by atoms with E-state index in [1.165, 1.54) is 11.8 Å². The first-order valence-corrected chi connectivity index (χ1v) is 9.81. The molecule has 0 bridgehead atoms. The second kappa shape index (κ2) is 6.98. The van der Waals surface area contributed by atoms with Gasteiger partial charge in [-0.25, -0.2) is 9.97 Å². The number of H-pyrrole nitrogens is 2. The van der Waals surface area contributed by atoms with Gasteiger partial charge in [-0.1, -0.05) is 66.4 Å². The van der Waals surface area contributed by atoms with E-state index in [2.05, 4.69) is 15.0 Å². The number of hydrogen-bond donors (Lipinski definition) is 2. The lowest BCUT2D eigenvalue weighted by molar-refractivity contribution is 0.989. The highest BCUT2D eigenvalue weighted by atomic mass is 32.2. The molecule has 2 N–H and O–H groups in total. The zero-order valence-electron chi connectivity index (χ0n) is 14.8. The van der Waals surface area contributed by atoms with Gasteiger partial charge in [-0.15, -0.1) is 0 Å². The Morgan fingerprint density at radius 1 is 0.714 bits per heavy atom. The van der Waals surface area contributed by atoms with Crippen molar-refractivity contribution in [2.75, 3.05) is 0 Å². The van der Waals surface area contributed by atoms with Gasteiger partial charge in [0.15, 0.2) is 5.16 Å². The number of fused-ring (bicyclic) bond motifs is 2. The molecular weight excluding hydrogens is 368 g/mol. The van der Waals surface area contributed by atoms with Crippen LogP contribution in [0.3, 0.4) is 0 Å². The summed E-state index contributed by atoms with van der Waals surface area (Å²) in [5.41, 5.74) is 4.65. The van der Waals surface area contributed by atoms with Crippen LogP contribution in [0.2, 0.25) is 0 Å². The normalized spacial score (nSPS) is 12.4. The molecule has 0 aliphatic rings. The van der Waals surface area contributed by atoms with Crippen molar-refractivity contribution in [1.29, 1.82) is 0 Å². The Morgan fingerprint density at radius 3 is 2.04 bits per heavy atom. The number of nitrogens with zero attached hydrogens (tertiary/aromatic N) is 2. The SMILES string of the molecule is O=c1[nH]c2ccccc2nc1[C@@H](Sc1nc2ccccc2[nH]1)c1ccccc1. The first-order chi connectivity index (χ1) is 13.8. The van der Waals surface area contributed by atoms with Crippen molar-refractivity contribution in [3.05, 3.63) is 100 Å². The van der Waals surface area contributed by atoms with Crippen molar-refractivity contribution >= 4 is 33.8 Å². The summed E-state index contributed by atoms with van der Waals surface area (Å²) in [5, 5.41) is 0.472. The number of aromatic nitrogens is 4. The summed E-state index contributed by atoms with van der Waals surface area (Å²) in [7, 11) is 0. The van der Waals surface area contributed by atoms with Crippen molar-refractivity contribution in [2.24, 2.45) is 0 Å². The van der Waals surface area contributed by atoms with Crippen LogP contribution in [0.25, 0.3) is 22.1 Å². The van der Waals surface area contributed by atoms with Gasteiger partial charge in [0.05, 0.1) is 27.3 Å². The molecule has 0 saturated carbocycles. The molecule has 0 saturated heterocycles. The van der Waals surface area contributed by atoms with E-state index in [-0.39, 0.29) is 10.8 Å². The molecule has 2 heterocycles. The van der Waals surface area contributed by atoms with Gasteiger partial charge in [-0.3, -0.25) is 4.79 Å². The van der Waals surface area contributed by atoms with Crippen LogP contribution in [0.5, 0.6) is 0 Å². The zero-order chi connectivity index (χ0) is 18.9. The highest BCUT2D eigenvalue weighted by Gasteiger charge is 2.23. The summed E-state index contributed by atoms with van der Waals surface area (Å²) in [4.78, 5) is 28.5. The summed E-state index contributed by atoms with van der Waals surface area (Å²) >= 11 is 1.49. The fraction of sp³-hybridized carbons (Fsp3) is 0.0455. The Hall–Kier alpha value is -3.38. The highest BCUT2D eigenvalue weighted by Crippen LogP contribution is 2.38. The van der Waals surface area contributed by atoms with Crippen LogP contribution in [0.1, 0.15) is 16.5 Å². The Labute approximate surface area is 164 Å². The van der Waals surface area contributed by atoms with Gasteiger partial charge < -0.3 is 9.97 Å². The lowest BCUT2D eigenvalue weighted by Crippen LogP contribution is -2.18. The maximum atomic E-state index is 12.8. The maximum absolute atomic E-state index is 12.8. The molecule has 136 valence electrons. The summed E-state index contributed by atoms with van der Waals surface area (Å²) in [5.74, 6) is 0. The van der Waals surface area contributed by atoms with E-state index in [1.54, 1.807) is 0 Å². The lowest BCUT2D eigenvalue weighted by atomic mass is 10.1. The molecule has 6 heteroatoms. The van der Waals surface area contributed by atoms with Crippen molar-refractivity contribution in [1.82, 2.24) is 19.9 Å². The van der Waals surface area contributed by atoms with Crippen molar-refractivity contribution in [3.8, 4) is 0 Å². The number of rotatable bonds is 4. The number of nitrogens with one attached hydrogen (secondary N) is 2. The van der Waals surface area contributed by atoms with Crippen LogP contribution in [-0.2, 0) is 0 Å². The summed E-state index contributed by atoms with van der Waals surface area (Å²) in [6.45, 7) is 0. The molecule has 0 amide bonds. The van der Waals surface area contributed by atoms with Gasteiger partial charge in [0, 0.05) is 0 Å². The van der Waals surface area contributed by atoms with Crippen molar-refractivity contribution < 1.29 is 0 Å². The predicted octanol–water partition coefficient (Wildman–Crippen LogP) is 4.68. The molecule has 0 aliphatic heterocycles. The monoisotopic (exact) mass is 384 g/mol. The molecule has 5 aromatic rings. The van der Waals surface area contributed by atoms with E-state index >= 15 is 0 Å². The number of imidazole rings is 1. The van der Waals surface area contributed by atoms with Gasteiger partial charge in [-0.2, -0.15) is 0 Å². The van der Waals surface area contributed by atoms with Gasteiger partial charge in [-0.05, 0) is 29.8 Å². The second-order valence-corrected chi connectivity index (χ2v) is 7.53. The third-order valence-corrected chi connectivity index (χ3v) is 5.72. The molecule has 0 spiro atoms. The molecule has 0 aliphatic carbocycles. The Balaban J connectivity index is 1.64. The molecule has 0 unspecified atom stereocenters. The summed E-state index contributed by atoms with van der Waals surface area (Å²) in [6, 6.07) is 25.4. The smallest absolute Gasteiger partial charge is 0.271 e. The van der Waals surface area contributed by atoms with Crippen LogP contribution in [-0.4, -0.2) is 19.9 Å². The minimum absolute atomic E-state index is 0.184. The molecule has 2 aromatic heterocycles. The minimum atomic E-state index is -0.282. The van der Waals surface area contributed by atoms with Crippen LogP contribution in [0.15, 0.2) is 88.8 Å². The maximum Gasteiger partial charge on any atom is 0.271 e. The summed E-state index contributed by atoms with van der Waals surface area (Å²) < 4.78 is 0. The zero-order valence-corrected chi connectivity index (χ0v) is 15.6. The van der Waals surface area contributed by atoms with Gasteiger partial charge >= 0.3 is 0 Å². The lowest BCUT2D eigenvalue weighted by Gasteiger charge is -2.15. The first-order valence-electron chi connectivity index (χ1n) is 8.93. The van der Waals surface area contributed by atoms with Crippen molar-refractivity contribution in [2.45, 2.75) is 10.4 Å². The molecule has 5 nitrogen and oxygen atoms in total. The van der Waals surface area contributed by atoms with Gasteiger partial charge in [0.1, 0.15) is 5.69 Å². The number of aromatic amines is 2. The average molecular weight is 384 g/mol. The largest absolute Gasteiger partial charge is 0.333 e. The standard InChI is InChI=1S/C22H16N4OS/c27-21-19(23-15-10-4-5-11-16(15)24-21)20(14-8-2-1-3-9-14)28-22-25-17-12-6-7-13-18(17)26-22/h1-13,20H,(H,24,27)(H,25,26)/t20-/m0/s1.